The molecule has 18 heavy (non-hydrogen) atoms. The lowest BCUT2D eigenvalue weighted by atomic mass is 9.93. The molecule has 0 amide bonds. The van der Waals surface area contributed by atoms with Crippen LogP contribution >= 0.6 is 0 Å². The number of nitrogens with one attached hydrogen (secondary N) is 1. The Bertz CT molecular complexity index is 436. The molecule has 1 aliphatic rings. The zero-order chi connectivity index (χ0) is 13.2. The highest BCUT2D eigenvalue weighted by Crippen LogP contribution is 2.27. The van der Waals surface area contributed by atoms with Gasteiger partial charge in [0, 0.05) is 5.56 Å². The van der Waals surface area contributed by atoms with Gasteiger partial charge in [0.25, 0.3) is 0 Å². The summed E-state index contributed by atoms with van der Waals surface area (Å²) in [6, 6.07) is 7.49. The SMILES string of the molecule is CCNC(C)(C)C(=O)c1cccc(OC2CC2)c1. The van der Waals surface area contributed by atoms with Crippen molar-refractivity contribution in [3.8, 4) is 5.75 Å². The van der Waals surface area contributed by atoms with E-state index in [1.807, 2.05) is 45.0 Å². The number of carbonyl (C=O) groups excluding carboxylic acids is 1. The van der Waals surface area contributed by atoms with Crippen molar-refractivity contribution in [2.75, 3.05) is 6.54 Å². The Labute approximate surface area is 109 Å². The van der Waals surface area contributed by atoms with Gasteiger partial charge in [-0.1, -0.05) is 19.1 Å². The maximum atomic E-state index is 12.4. The van der Waals surface area contributed by atoms with Crippen LogP contribution in [-0.2, 0) is 0 Å². The lowest BCUT2D eigenvalue weighted by Crippen LogP contribution is -2.46. The molecule has 98 valence electrons. The number of carbonyl (C=O) groups is 1. The molecule has 2 rings (SSSR count). The van der Waals surface area contributed by atoms with E-state index in [-0.39, 0.29) is 5.78 Å². The normalized spacial score (nSPS) is 15.5. The van der Waals surface area contributed by atoms with Gasteiger partial charge in [-0.15, -0.1) is 0 Å². The first-order valence-corrected chi connectivity index (χ1v) is 6.59. The maximum absolute atomic E-state index is 12.4. The van der Waals surface area contributed by atoms with Gasteiger partial charge in [0.2, 0.25) is 0 Å². The van der Waals surface area contributed by atoms with E-state index in [1.54, 1.807) is 0 Å². The second-order valence-electron chi connectivity index (χ2n) is 5.33. The van der Waals surface area contributed by atoms with Crippen molar-refractivity contribution in [2.45, 2.75) is 45.3 Å². The van der Waals surface area contributed by atoms with Crippen LogP contribution in [0.4, 0.5) is 0 Å². The van der Waals surface area contributed by atoms with E-state index in [4.69, 9.17) is 4.74 Å². The number of benzene rings is 1. The average Bonchev–Trinajstić information content (AvgIpc) is 3.12. The first kappa shape index (κ1) is 13.1. The quantitative estimate of drug-likeness (QED) is 0.786. The Balaban J connectivity index is 2.13. The summed E-state index contributed by atoms with van der Waals surface area (Å²) in [5.41, 5.74) is 0.173. The third kappa shape index (κ3) is 3.10. The second-order valence-corrected chi connectivity index (χ2v) is 5.33. The van der Waals surface area contributed by atoms with Gasteiger partial charge in [0.1, 0.15) is 5.75 Å². The van der Waals surface area contributed by atoms with Crippen LogP contribution in [0.5, 0.6) is 5.75 Å². The largest absolute Gasteiger partial charge is 0.490 e. The van der Waals surface area contributed by atoms with Gasteiger partial charge < -0.3 is 10.1 Å². The van der Waals surface area contributed by atoms with Gasteiger partial charge in [0.15, 0.2) is 5.78 Å². The minimum absolute atomic E-state index is 0.102. The van der Waals surface area contributed by atoms with Gasteiger partial charge in [0.05, 0.1) is 11.6 Å². The molecular formula is C15H21NO2. The van der Waals surface area contributed by atoms with Crippen LogP contribution in [0.25, 0.3) is 0 Å². The van der Waals surface area contributed by atoms with Crippen LogP contribution in [0.2, 0.25) is 0 Å². The molecule has 3 heteroatoms. The standard InChI is InChI=1S/C15H21NO2/c1-4-16-15(2,3)14(17)11-6-5-7-13(10-11)18-12-8-9-12/h5-7,10,12,16H,4,8-9H2,1-3H3. The number of ether oxygens (including phenoxy) is 1. The predicted octanol–water partition coefficient (Wildman–Crippen LogP) is 2.80. The van der Waals surface area contributed by atoms with Crippen LogP contribution in [-0.4, -0.2) is 24.0 Å². The monoisotopic (exact) mass is 247 g/mol. The molecular weight excluding hydrogens is 226 g/mol. The molecule has 0 spiro atoms. The summed E-state index contributed by atoms with van der Waals surface area (Å²) in [6.45, 7) is 6.60. The summed E-state index contributed by atoms with van der Waals surface area (Å²) in [5, 5.41) is 3.20. The molecule has 0 bridgehead atoms. The fourth-order valence-corrected chi connectivity index (χ4v) is 1.97. The van der Waals surface area contributed by atoms with Crippen molar-refractivity contribution in [1.29, 1.82) is 0 Å². The van der Waals surface area contributed by atoms with Crippen molar-refractivity contribution < 1.29 is 9.53 Å². The molecule has 3 nitrogen and oxygen atoms in total. The van der Waals surface area contributed by atoms with E-state index in [0.717, 1.165) is 25.1 Å². The molecule has 0 saturated heterocycles. The van der Waals surface area contributed by atoms with E-state index in [1.165, 1.54) is 0 Å². The van der Waals surface area contributed by atoms with Crippen LogP contribution < -0.4 is 10.1 Å². The molecule has 0 atom stereocenters. The van der Waals surface area contributed by atoms with Crippen molar-refractivity contribution in [1.82, 2.24) is 5.32 Å². The Kier molecular flexibility index (Phi) is 3.71. The molecule has 1 aromatic rings. The highest BCUT2D eigenvalue weighted by molar-refractivity contribution is 6.02. The fraction of sp³-hybridized carbons (Fsp3) is 0.533. The van der Waals surface area contributed by atoms with E-state index >= 15 is 0 Å². The summed E-state index contributed by atoms with van der Waals surface area (Å²) in [6.07, 6.45) is 2.61. The number of likely N-dealkylation sites (N-methyl/N-ethyl adjacent to an activating group) is 1. The number of Topliss-reactive ketones (excluding diaryl/α,β-unsaturated/α-hetero) is 1. The zero-order valence-corrected chi connectivity index (χ0v) is 11.3. The molecule has 0 heterocycles. The first-order chi connectivity index (χ1) is 8.53. The summed E-state index contributed by atoms with van der Waals surface area (Å²) >= 11 is 0. The van der Waals surface area contributed by atoms with Crippen LogP contribution in [0.15, 0.2) is 24.3 Å². The topological polar surface area (TPSA) is 38.3 Å². The highest BCUT2D eigenvalue weighted by atomic mass is 16.5. The smallest absolute Gasteiger partial charge is 0.182 e. The average molecular weight is 247 g/mol. The fourth-order valence-electron chi connectivity index (χ4n) is 1.97. The first-order valence-electron chi connectivity index (χ1n) is 6.59. The van der Waals surface area contributed by atoms with Crippen LogP contribution in [0.3, 0.4) is 0 Å². The van der Waals surface area contributed by atoms with Crippen LogP contribution in [0.1, 0.15) is 44.0 Å². The Morgan fingerprint density at radius 3 is 2.78 bits per heavy atom. The van der Waals surface area contributed by atoms with Gasteiger partial charge in [-0.2, -0.15) is 0 Å². The molecule has 1 aromatic carbocycles. The number of hydrogen-bond donors (Lipinski definition) is 1. The minimum atomic E-state index is -0.535. The number of ketones is 1. The summed E-state index contributed by atoms with van der Waals surface area (Å²) < 4.78 is 5.72. The third-order valence-corrected chi connectivity index (χ3v) is 3.11. The van der Waals surface area contributed by atoms with Crippen molar-refractivity contribution >= 4 is 5.78 Å². The van der Waals surface area contributed by atoms with Crippen LogP contribution in [0, 0.1) is 0 Å². The predicted molar refractivity (Wildman–Crippen MR) is 72.2 cm³/mol. The number of rotatable bonds is 6. The Morgan fingerprint density at radius 1 is 1.44 bits per heavy atom. The van der Waals surface area contributed by atoms with Crippen molar-refractivity contribution in [2.24, 2.45) is 0 Å². The van der Waals surface area contributed by atoms with Gasteiger partial charge in [-0.25, -0.2) is 0 Å². The second kappa shape index (κ2) is 5.11. The van der Waals surface area contributed by atoms with E-state index in [2.05, 4.69) is 5.32 Å². The van der Waals surface area contributed by atoms with Crippen molar-refractivity contribution in [3.63, 3.8) is 0 Å². The molecule has 1 aliphatic carbocycles. The maximum Gasteiger partial charge on any atom is 0.182 e. The lowest BCUT2D eigenvalue weighted by molar-refractivity contribution is 0.0883. The van der Waals surface area contributed by atoms with E-state index in [0.29, 0.717) is 11.7 Å². The summed E-state index contributed by atoms with van der Waals surface area (Å²) in [4.78, 5) is 12.4. The molecule has 1 N–H and O–H groups in total. The third-order valence-electron chi connectivity index (χ3n) is 3.11. The highest BCUT2D eigenvalue weighted by Gasteiger charge is 2.28. The van der Waals surface area contributed by atoms with Gasteiger partial charge in [-0.05, 0) is 45.4 Å². The molecule has 0 unspecified atom stereocenters. The van der Waals surface area contributed by atoms with Crippen molar-refractivity contribution in [3.05, 3.63) is 29.8 Å². The molecule has 0 aromatic heterocycles. The zero-order valence-electron chi connectivity index (χ0n) is 11.3. The number of hydrogen-bond acceptors (Lipinski definition) is 3. The molecule has 1 fully saturated rings. The summed E-state index contributed by atoms with van der Waals surface area (Å²) in [7, 11) is 0. The van der Waals surface area contributed by atoms with Gasteiger partial charge >= 0.3 is 0 Å². The molecule has 1 saturated carbocycles. The van der Waals surface area contributed by atoms with E-state index < -0.39 is 5.54 Å². The molecule has 0 radical (unpaired) electrons. The summed E-state index contributed by atoms with van der Waals surface area (Å²) in [5.74, 6) is 0.904. The minimum Gasteiger partial charge on any atom is -0.490 e. The van der Waals surface area contributed by atoms with E-state index in [9.17, 15) is 4.79 Å². The van der Waals surface area contributed by atoms with Gasteiger partial charge in [-0.3, -0.25) is 4.79 Å². The Hall–Kier alpha value is -1.35. The Morgan fingerprint density at radius 2 is 2.17 bits per heavy atom. The molecule has 0 aliphatic heterocycles. The lowest BCUT2D eigenvalue weighted by Gasteiger charge is -2.24.